The van der Waals surface area contributed by atoms with Gasteiger partial charge in [0.15, 0.2) is 0 Å². The number of nitrogens with zero attached hydrogens (tertiary/aromatic N) is 1. The van der Waals surface area contributed by atoms with Crippen molar-refractivity contribution in [3.8, 4) is 0 Å². The quantitative estimate of drug-likeness (QED) is 0.856. The minimum atomic E-state index is -0.194. The van der Waals surface area contributed by atoms with Gasteiger partial charge in [-0.25, -0.2) is 4.39 Å². The molecule has 3 nitrogen and oxygen atoms in total. The second-order valence-corrected chi connectivity index (χ2v) is 5.41. The van der Waals surface area contributed by atoms with E-state index in [2.05, 4.69) is 29.4 Å². The van der Waals surface area contributed by atoms with Gasteiger partial charge in [-0.3, -0.25) is 4.90 Å². The van der Waals surface area contributed by atoms with E-state index in [1.54, 1.807) is 6.07 Å². The third kappa shape index (κ3) is 3.43. The Morgan fingerprint density at radius 3 is 2.72 bits per heavy atom. The Hall–Kier alpha value is -1.13. The van der Waals surface area contributed by atoms with Crippen LogP contribution in [0, 0.1) is 5.82 Å². The number of anilines is 1. The second-order valence-electron chi connectivity index (χ2n) is 5.41. The Labute approximate surface area is 108 Å². The van der Waals surface area contributed by atoms with Gasteiger partial charge in [0.1, 0.15) is 5.82 Å². The normalized spacial score (nSPS) is 17.7. The second kappa shape index (κ2) is 5.67. The van der Waals surface area contributed by atoms with Gasteiger partial charge in [-0.2, -0.15) is 0 Å². The Morgan fingerprint density at radius 2 is 2.06 bits per heavy atom. The summed E-state index contributed by atoms with van der Waals surface area (Å²) >= 11 is 0. The van der Waals surface area contributed by atoms with Gasteiger partial charge in [0, 0.05) is 44.0 Å². The van der Waals surface area contributed by atoms with Gasteiger partial charge < -0.3 is 10.6 Å². The molecule has 1 heterocycles. The third-order valence-corrected chi connectivity index (χ3v) is 3.52. The van der Waals surface area contributed by atoms with Gasteiger partial charge >= 0.3 is 0 Å². The van der Waals surface area contributed by atoms with Gasteiger partial charge in [0.25, 0.3) is 0 Å². The van der Waals surface area contributed by atoms with Gasteiger partial charge in [-0.05, 0) is 32.0 Å². The first-order chi connectivity index (χ1) is 8.58. The summed E-state index contributed by atoms with van der Waals surface area (Å²) in [4.78, 5) is 2.47. The van der Waals surface area contributed by atoms with Crippen molar-refractivity contribution in [1.29, 1.82) is 0 Å². The van der Waals surface area contributed by atoms with Crippen molar-refractivity contribution in [2.75, 3.05) is 38.0 Å². The van der Waals surface area contributed by atoms with Crippen LogP contribution in [0.5, 0.6) is 0 Å². The average molecular weight is 251 g/mol. The number of benzene rings is 1. The zero-order valence-corrected chi connectivity index (χ0v) is 11.2. The first-order valence-electron chi connectivity index (χ1n) is 6.53. The molecule has 0 aromatic heterocycles. The molecule has 1 aliphatic heterocycles. The summed E-state index contributed by atoms with van der Waals surface area (Å²) in [6.07, 6.45) is 0. The van der Waals surface area contributed by atoms with Crippen LogP contribution in [0.2, 0.25) is 0 Å². The van der Waals surface area contributed by atoms with Gasteiger partial charge in [0.2, 0.25) is 0 Å². The van der Waals surface area contributed by atoms with Crippen molar-refractivity contribution in [2.24, 2.45) is 0 Å². The Morgan fingerprint density at radius 1 is 1.33 bits per heavy atom. The number of piperazine rings is 1. The first-order valence-corrected chi connectivity index (χ1v) is 6.53. The molecule has 0 aliphatic carbocycles. The van der Waals surface area contributed by atoms with Crippen LogP contribution in [0.25, 0.3) is 0 Å². The van der Waals surface area contributed by atoms with Crippen LogP contribution in [0.4, 0.5) is 10.1 Å². The third-order valence-electron chi connectivity index (χ3n) is 3.52. The molecule has 1 saturated heterocycles. The monoisotopic (exact) mass is 251 g/mol. The fourth-order valence-electron chi connectivity index (χ4n) is 2.30. The lowest BCUT2D eigenvalue weighted by atomic mass is 10.0. The number of hydrogen-bond acceptors (Lipinski definition) is 3. The molecule has 1 aromatic carbocycles. The fraction of sp³-hybridized carbons (Fsp3) is 0.571. The predicted molar refractivity (Wildman–Crippen MR) is 73.4 cm³/mol. The topological polar surface area (TPSA) is 27.3 Å². The predicted octanol–water partition coefficient (Wildman–Crippen LogP) is 1.92. The maximum absolute atomic E-state index is 13.1. The van der Waals surface area contributed by atoms with Crippen LogP contribution < -0.4 is 10.6 Å². The van der Waals surface area contributed by atoms with E-state index in [4.69, 9.17) is 0 Å². The molecule has 2 N–H and O–H groups in total. The van der Waals surface area contributed by atoms with Crippen LogP contribution in [0.1, 0.15) is 13.8 Å². The van der Waals surface area contributed by atoms with Crippen molar-refractivity contribution < 1.29 is 4.39 Å². The SMILES string of the molecule is CC(C)(CNc1cccc(F)c1)N1CCNCC1. The summed E-state index contributed by atoms with van der Waals surface area (Å²) in [6.45, 7) is 9.49. The molecule has 4 heteroatoms. The number of hydrogen-bond donors (Lipinski definition) is 2. The van der Waals surface area contributed by atoms with Crippen LogP contribution >= 0.6 is 0 Å². The summed E-state index contributed by atoms with van der Waals surface area (Å²) in [5, 5.41) is 6.68. The summed E-state index contributed by atoms with van der Waals surface area (Å²) in [5.74, 6) is -0.194. The van der Waals surface area contributed by atoms with Crippen LogP contribution in [-0.2, 0) is 0 Å². The fourth-order valence-corrected chi connectivity index (χ4v) is 2.30. The number of halogens is 1. The molecule has 0 bridgehead atoms. The first kappa shape index (κ1) is 13.3. The lowest BCUT2D eigenvalue weighted by Crippen LogP contribution is -2.56. The van der Waals surface area contributed by atoms with Crippen LogP contribution in [0.3, 0.4) is 0 Å². The molecule has 1 fully saturated rings. The molecule has 0 unspecified atom stereocenters. The Balaban J connectivity index is 1.91. The van der Waals surface area contributed by atoms with Crippen molar-refractivity contribution in [3.05, 3.63) is 30.1 Å². The number of rotatable bonds is 4. The highest BCUT2D eigenvalue weighted by molar-refractivity contribution is 5.43. The molecular weight excluding hydrogens is 229 g/mol. The highest BCUT2D eigenvalue weighted by Crippen LogP contribution is 2.17. The molecule has 0 radical (unpaired) electrons. The molecule has 2 rings (SSSR count). The van der Waals surface area contributed by atoms with E-state index in [1.165, 1.54) is 12.1 Å². The van der Waals surface area contributed by atoms with Crippen molar-refractivity contribution in [1.82, 2.24) is 10.2 Å². The smallest absolute Gasteiger partial charge is 0.125 e. The molecule has 0 saturated carbocycles. The molecule has 1 aromatic rings. The van der Waals surface area contributed by atoms with E-state index >= 15 is 0 Å². The van der Waals surface area contributed by atoms with Crippen LogP contribution in [0.15, 0.2) is 24.3 Å². The van der Waals surface area contributed by atoms with Crippen molar-refractivity contribution >= 4 is 5.69 Å². The minimum Gasteiger partial charge on any atom is -0.383 e. The Kier molecular flexibility index (Phi) is 4.19. The van der Waals surface area contributed by atoms with E-state index in [0.29, 0.717) is 0 Å². The van der Waals surface area contributed by atoms with Crippen molar-refractivity contribution in [3.63, 3.8) is 0 Å². The van der Waals surface area contributed by atoms with Crippen molar-refractivity contribution in [2.45, 2.75) is 19.4 Å². The standard InChI is InChI=1S/C14H22FN3/c1-14(2,18-8-6-16-7-9-18)11-17-13-5-3-4-12(15)10-13/h3-5,10,16-17H,6-9,11H2,1-2H3. The molecule has 0 amide bonds. The molecule has 100 valence electrons. The summed E-state index contributed by atoms with van der Waals surface area (Å²) in [7, 11) is 0. The zero-order valence-electron chi connectivity index (χ0n) is 11.2. The average Bonchev–Trinajstić information content (AvgIpc) is 2.38. The minimum absolute atomic E-state index is 0.0778. The maximum atomic E-state index is 13.1. The molecule has 0 atom stereocenters. The maximum Gasteiger partial charge on any atom is 0.125 e. The summed E-state index contributed by atoms with van der Waals surface area (Å²) in [6, 6.07) is 6.63. The highest BCUT2D eigenvalue weighted by Gasteiger charge is 2.27. The molecular formula is C14H22FN3. The van der Waals surface area contributed by atoms with E-state index in [9.17, 15) is 4.39 Å². The largest absolute Gasteiger partial charge is 0.383 e. The summed E-state index contributed by atoms with van der Waals surface area (Å²) in [5.41, 5.74) is 0.923. The highest BCUT2D eigenvalue weighted by atomic mass is 19.1. The van der Waals surface area contributed by atoms with Gasteiger partial charge in [-0.1, -0.05) is 6.07 Å². The Bertz CT molecular complexity index is 386. The van der Waals surface area contributed by atoms with E-state index in [1.807, 2.05) is 6.07 Å². The van der Waals surface area contributed by atoms with Gasteiger partial charge in [0.05, 0.1) is 0 Å². The zero-order chi connectivity index (χ0) is 13.0. The molecule has 0 spiro atoms. The molecule has 1 aliphatic rings. The molecule has 18 heavy (non-hydrogen) atoms. The number of nitrogens with one attached hydrogen (secondary N) is 2. The summed E-state index contributed by atoms with van der Waals surface area (Å²) < 4.78 is 13.1. The van der Waals surface area contributed by atoms with E-state index in [-0.39, 0.29) is 11.4 Å². The lowest BCUT2D eigenvalue weighted by molar-refractivity contribution is 0.114. The van der Waals surface area contributed by atoms with E-state index < -0.39 is 0 Å². The lowest BCUT2D eigenvalue weighted by Gasteiger charge is -2.41. The van der Waals surface area contributed by atoms with Crippen LogP contribution in [-0.4, -0.2) is 43.2 Å². The van der Waals surface area contributed by atoms with E-state index in [0.717, 1.165) is 38.4 Å². The van der Waals surface area contributed by atoms with Gasteiger partial charge in [-0.15, -0.1) is 0 Å².